The summed E-state index contributed by atoms with van der Waals surface area (Å²) in [7, 11) is 3.62. The molecule has 120 valence electrons. The molecule has 0 spiro atoms. The topological polar surface area (TPSA) is 61.9 Å². The fourth-order valence-corrected chi connectivity index (χ4v) is 2.41. The van der Waals surface area contributed by atoms with Gasteiger partial charge < -0.3 is 19.9 Å². The van der Waals surface area contributed by atoms with Crippen molar-refractivity contribution in [2.24, 2.45) is 0 Å². The van der Waals surface area contributed by atoms with Crippen LogP contribution in [-0.4, -0.2) is 62.0 Å². The number of methoxy groups -OCH3 is 1. The first-order valence-electron chi connectivity index (χ1n) is 7.45. The number of rotatable bonds is 5. The van der Waals surface area contributed by atoms with Crippen molar-refractivity contribution in [3.8, 4) is 5.75 Å². The lowest BCUT2D eigenvalue weighted by Crippen LogP contribution is -2.48. The molecule has 6 nitrogen and oxygen atoms in total. The SMILES string of the molecule is COc1ccccc1CNC(=O)CC(=O)N1CCN(C)CC1. The van der Waals surface area contributed by atoms with Crippen LogP contribution in [0.2, 0.25) is 0 Å². The zero-order valence-electron chi connectivity index (χ0n) is 13.2. The molecule has 22 heavy (non-hydrogen) atoms. The highest BCUT2D eigenvalue weighted by Crippen LogP contribution is 2.16. The van der Waals surface area contributed by atoms with Gasteiger partial charge in [-0.1, -0.05) is 18.2 Å². The minimum Gasteiger partial charge on any atom is -0.496 e. The van der Waals surface area contributed by atoms with Crippen molar-refractivity contribution in [2.75, 3.05) is 40.3 Å². The molecule has 1 aliphatic rings. The molecular formula is C16H23N3O3. The summed E-state index contributed by atoms with van der Waals surface area (Å²) in [6.45, 7) is 3.45. The fraction of sp³-hybridized carbons (Fsp3) is 0.500. The van der Waals surface area contributed by atoms with Crippen molar-refractivity contribution in [2.45, 2.75) is 13.0 Å². The summed E-state index contributed by atoms with van der Waals surface area (Å²) in [5.74, 6) is 0.369. The van der Waals surface area contributed by atoms with Gasteiger partial charge in [0, 0.05) is 38.3 Å². The van der Waals surface area contributed by atoms with Gasteiger partial charge in [0.15, 0.2) is 0 Å². The summed E-state index contributed by atoms with van der Waals surface area (Å²) in [4.78, 5) is 27.9. The van der Waals surface area contributed by atoms with E-state index in [1.54, 1.807) is 12.0 Å². The number of nitrogens with one attached hydrogen (secondary N) is 1. The number of carbonyl (C=O) groups is 2. The molecule has 1 saturated heterocycles. The molecule has 0 atom stereocenters. The molecule has 0 aromatic heterocycles. The number of benzene rings is 1. The van der Waals surface area contributed by atoms with Crippen LogP contribution in [0.5, 0.6) is 5.75 Å². The van der Waals surface area contributed by atoms with E-state index < -0.39 is 0 Å². The van der Waals surface area contributed by atoms with Gasteiger partial charge in [-0.2, -0.15) is 0 Å². The number of ether oxygens (including phenoxy) is 1. The van der Waals surface area contributed by atoms with Crippen LogP contribution >= 0.6 is 0 Å². The summed E-state index contributed by atoms with van der Waals surface area (Å²) in [6, 6.07) is 7.50. The third kappa shape index (κ3) is 4.46. The van der Waals surface area contributed by atoms with Crippen LogP contribution in [0.3, 0.4) is 0 Å². The third-order valence-corrected chi connectivity index (χ3v) is 3.84. The number of nitrogens with zero attached hydrogens (tertiary/aromatic N) is 2. The molecule has 2 rings (SSSR count). The molecular weight excluding hydrogens is 282 g/mol. The molecule has 0 aliphatic carbocycles. The molecule has 1 aliphatic heterocycles. The second-order valence-corrected chi connectivity index (χ2v) is 5.45. The van der Waals surface area contributed by atoms with E-state index in [-0.39, 0.29) is 18.2 Å². The van der Waals surface area contributed by atoms with Crippen molar-refractivity contribution in [3.05, 3.63) is 29.8 Å². The predicted molar refractivity (Wildman–Crippen MR) is 83.5 cm³/mol. The van der Waals surface area contributed by atoms with E-state index in [0.29, 0.717) is 19.6 Å². The lowest BCUT2D eigenvalue weighted by Gasteiger charge is -2.32. The minimum atomic E-state index is -0.255. The van der Waals surface area contributed by atoms with Crippen LogP contribution in [0.15, 0.2) is 24.3 Å². The zero-order valence-corrected chi connectivity index (χ0v) is 13.2. The first kappa shape index (κ1) is 16.3. The summed E-state index contributed by atoms with van der Waals surface area (Å²) < 4.78 is 5.23. The monoisotopic (exact) mass is 305 g/mol. The molecule has 0 bridgehead atoms. The van der Waals surface area contributed by atoms with Gasteiger partial charge in [0.2, 0.25) is 11.8 Å². The van der Waals surface area contributed by atoms with Crippen molar-refractivity contribution in [1.82, 2.24) is 15.1 Å². The Hall–Kier alpha value is -2.08. The smallest absolute Gasteiger partial charge is 0.232 e. The minimum absolute atomic E-state index is 0.0983. The van der Waals surface area contributed by atoms with E-state index in [4.69, 9.17) is 4.74 Å². The highest BCUT2D eigenvalue weighted by molar-refractivity contribution is 5.96. The number of carbonyl (C=O) groups excluding carboxylic acids is 2. The van der Waals surface area contributed by atoms with Crippen LogP contribution in [0.25, 0.3) is 0 Å². The number of likely N-dealkylation sites (N-methyl/N-ethyl adjacent to an activating group) is 1. The number of piperazine rings is 1. The van der Waals surface area contributed by atoms with Gasteiger partial charge in [-0.25, -0.2) is 0 Å². The molecule has 1 aromatic carbocycles. The molecule has 1 N–H and O–H groups in total. The molecule has 0 unspecified atom stereocenters. The van der Waals surface area contributed by atoms with Crippen LogP contribution in [-0.2, 0) is 16.1 Å². The predicted octanol–water partition coefficient (Wildman–Crippen LogP) is 0.476. The fourth-order valence-electron chi connectivity index (χ4n) is 2.41. The van der Waals surface area contributed by atoms with Gasteiger partial charge in [-0.3, -0.25) is 9.59 Å². The van der Waals surface area contributed by atoms with E-state index in [0.717, 1.165) is 24.4 Å². The Morgan fingerprint density at radius 3 is 2.55 bits per heavy atom. The maximum absolute atomic E-state index is 12.1. The van der Waals surface area contributed by atoms with Gasteiger partial charge in [0.05, 0.1) is 7.11 Å². The third-order valence-electron chi connectivity index (χ3n) is 3.84. The lowest BCUT2D eigenvalue weighted by molar-refractivity contribution is -0.137. The molecule has 1 fully saturated rings. The first-order chi connectivity index (χ1) is 10.6. The molecule has 6 heteroatoms. The van der Waals surface area contributed by atoms with Gasteiger partial charge in [-0.05, 0) is 13.1 Å². The molecule has 1 heterocycles. The summed E-state index contributed by atoms with van der Waals surface area (Å²) in [6.07, 6.45) is -0.0983. The zero-order chi connectivity index (χ0) is 15.9. The van der Waals surface area contributed by atoms with Crippen LogP contribution in [0.4, 0.5) is 0 Å². The van der Waals surface area contributed by atoms with Crippen molar-refractivity contribution >= 4 is 11.8 Å². The summed E-state index contributed by atoms with van der Waals surface area (Å²) in [5, 5.41) is 2.78. The maximum Gasteiger partial charge on any atom is 0.232 e. The van der Waals surface area contributed by atoms with Crippen molar-refractivity contribution in [3.63, 3.8) is 0 Å². The average molecular weight is 305 g/mol. The van der Waals surface area contributed by atoms with Gasteiger partial charge in [0.1, 0.15) is 12.2 Å². The molecule has 0 saturated carbocycles. The second kappa shape index (κ2) is 7.79. The van der Waals surface area contributed by atoms with E-state index >= 15 is 0 Å². The van der Waals surface area contributed by atoms with Crippen LogP contribution in [0, 0.1) is 0 Å². The normalized spacial score (nSPS) is 15.5. The van der Waals surface area contributed by atoms with Crippen LogP contribution < -0.4 is 10.1 Å². The second-order valence-electron chi connectivity index (χ2n) is 5.45. The average Bonchev–Trinajstić information content (AvgIpc) is 2.53. The Kier molecular flexibility index (Phi) is 5.77. The van der Waals surface area contributed by atoms with Crippen molar-refractivity contribution in [1.29, 1.82) is 0 Å². The largest absolute Gasteiger partial charge is 0.496 e. The van der Waals surface area contributed by atoms with Gasteiger partial charge >= 0.3 is 0 Å². The number of hydrogen-bond acceptors (Lipinski definition) is 4. The van der Waals surface area contributed by atoms with Gasteiger partial charge in [0.25, 0.3) is 0 Å². The number of amides is 2. The Balaban J connectivity index is 1.79. The Bertz CT molecular complexity index is 525. The highest BCUT2D eigenvalue weighted by atomic mass is 16.5. The summed E-state index contributed by atoms with van der Waals surface area (Å²) in [5.41, 5.74) is 0.894. The van der Waals surface area contributed by atoms with Crippen molar-refractivity contribution < 1.29 is 14.3 Å². The molecule has 0 radical (unpaired) electrons. The summed E-state index contributed by atoms with van der Waals surface area (Å²) >= 11 is 0. The number of hydrogen-bond donors (Lipinski definition) is 1. The maximum atomic E-state index is 12.1. The lowest BCUT2D eigenvalue weighted by atomic mass is 10.2. The van der Waals surface area contributed by atoms with E-state index in [2.05, 4.69) is 10.2 Å². The van der Waals surface area contributed by atoms with Crippen LogP contribution in [0.1, 0.15) is 12.0 Å². The molecule has 2 amide bonds. The Labute approximate surface area is 131 Å². The Morgan fingerprint density at radius 1 is 1.18 bits per heavy atom. The van der Waals surface area contributed by atoms with Gasteiger partial charge in [-0.15, -0.1) is 0 Å². The quantitative estimate of drug-likeness (QED) is 0.804. The first-order valence-corrected chi connectivity index (χ1v) is 7.45. The Morgan fingerprint density at radius 2 is 1.86 bits per heavy atom. The number of para-hydroxylation sites is 1. The molecule has 1 aromatic rings. The van der Waals surface area contributed by atoms with E-state index in [1.807, 2.05) is 31.3 Å². The standard InChI is InChI=1S/C16H23N3O3/c1-18-7-9-19(10-8-18)16(21)11-15(20)17-12-13-5-3-4-6-14(13)22-2/h3-6H,7-12H2,1-2H3,(H,17,20). The highest BCUT2D eigenvalue weighted by Gasteiger charge is 2.21. The van der Waals surface area contributed by atoms with E-state index in [9.17, 15) is 9.59 Å². The van der Waals surface area contributed by atoms with E-state index in [1.165, 1.54) is 0 Å².